The van der Waals surface area contributed by atoms with Gasteiger partial charge in [0, 0.05) is 38.4 Å². The number of hydrogen-bond donors (Lipinski definition) is 1. The van der Waals surface area contributed by atoms with E-state index in [2.05, 4.69) is 38.3 Å². The van der Waals surface area contributed by atoms with Gasteiger partial charge in [-0.05, 0) is 61.4 Å². The molecule has 2 fully saturated rings. The van der Waals surface area contributed by atoms with E-state index in [-0.39, 0.29) is 5.41 Å². The van der Waals surface area contributed by atoms with E-state index in [4.69, 9.17) is 4.98 Å². The van der Waals surface area contributed by atoms with Gasteiger partial charge in [-0.25, -0.2) is 4.98 Å². The third-order valence-electron chi connectivity index (χ3n) is 7.63. The summed E-state index contributed by atoms with van der Waals surface area (Å²) in [6, 6.07) is 14.4. The molecular formula is C26H29N5O. The molecule has 2 saturated heterocycles. The zero-order valence-corrected chi connectivity index (χ0v) is 18.4. The van der Waals surface area contributed by atoms with E-state index in [0.717, 1.165) is 81.7 Å². The van der Waals surface area contributed by atoms with Crippen molar-refractivity contribution in [3.63, 3.8) is 0 Å². The van der Waals surface area contributed by atoms with E-state index in [9.17, 15) is 4.79 Å². The number of benzene rings is 2. The fourth-order valence-electron chi connectivity index (χ4n) is 5.80. The fourth-order valence-corrected chi connectivity index (χ4v) is 5.80. The van der Waals surface area contributed by atoms with Crippen molar-refractivity contribution in [2.75, 3.05) is 36.4 Å². The molecule has 3 aliphatic rings. The number of nitrogens with one attached hydrogen (secondary N) is 1. The van der Waals surface area contributed by atoms with Gasteiger partial charge in [-0.1, -0.05) is 24.3 Å². The first kappa shape index (κ1) is 19.5. The summed E-state index contributed by atoms with van der Waals surface area (Å²) < 4.78 is 0. The molecule has 2 aromatic carbocycles. The second kappa shape index (κ2) is 7.76. The lowest BCUT2D eigenvalue weighted by Crippen LogP contribution is -2.53. The first-order valence-corrected chi connectivity index (χ1v) is 11.8. The van der Waals surface area contributed by atoms with Gasteiger partial charge in [0.2, 0.25) is 5.91 Å². The number of para-hydroxylation sites is 2. The predicted molar refractivity (Wildman–Crippen MR) is 127 cm³/mol. The molecule has 6 nitrogen and oxygen atoms in total. The van der Waals surface area contributed by atoms with Crippen molar-refractivity contribution < 1.29 is 4.79 Å². The van der Waals surface area contributed by atoms with Crippen molar-refractivity contribution in [2.24, 2.45) is 5.41 Å². The fraction of sp³-hybridized carbons (Fsp3) is 0.423. The molecule has 3 aliphatic heterocycles. The minimum absolute atomic E-state index is 0.213. The molecule has 1 amide bonds. The number of likely N-dealkylation sites (tertiary alicyclic amines) is 1. The molecular weight excluding hydrogens is 398 g/mol. The van der Waals surface area contributed by atoms with Gasteiger partial charge in [-0.3, -0.25) is 9.78 Å². The Balaban J connectivity index is 1.17. The molecule has 0 aliphatic carbocycles. The van der Waals surface area contributed by atoms with E-state index in [1.807, 2.05) is 30.5 Å². The number of anilines is 2. The average Bonchev–Trinajstić information content (AvgIpc) is 3.32. The Hall–Kier alpha value is -3.15. The quantitative estimate of drug-likeness (QED) is 0.684. The third-order valence-corrected chi connectivity index (χ3v) is 7.63. The molecule has 1 aromatic heterocycles. The summed E-state index contributed by atoms with van der Waals surface area (Å²) >= 11 is 0. The summed E-state index contributed by atoms with van der Waals surface area (Å²) in [6.45, 7) is 4.33. The van der Waals surface area contributed by atoms with Crippen LogP contribution in [0.4, 0.5) is 11.5 Å². The summed E-state index contributed by atoms with van der Waals surface area (Å²) in [7, 11) is 0. The summed E-state index contributed by atoms with van der Waals surface area (Å²) in [4.78, 5) is 27.5. The summed E-state index contributed by atoms with van der Waals surface area (Å²) in [5.41, 5.74) is 5.58. The van der Waals surface area contributed by atoms with Crippen LogP contribution in [0, 0.1) is 5.41 Å². The molecule has 0 saturated carbocycles. The number of carbonyl (C=O) groups is 1. The number of carbonyl (C=O) groups excluding carboxylic acids is 1. The van der Waals surface area contributed by atoms with Gasteiger partial charge >= 0.3 is 0 Å². The highest BCUT2D eigenvalue weighted by atomic mass is 16.2. The molecule has 1 N–H and O–H groups in total. The van der Waals surface area contributed by atoms with E-state index in [1.54, 1.807) is 0 Å². The minimum Gasteiger partial charge on any atom is -0.384 e. The lowest BCUT2D eigenvalue weighted by atomic mass is 9.71. The lowest BCUT2D eigenvalue weighted by Gasteiger charge is -2.46. The highest BCUT2D eigenvalue weighted by molar-refractivity contribution is 5.84. The summed E-state index contributed by atoms with van der Waals surface area (Å²) in [5.74, 6) is 1.28. The van der Waals surface area contributed by atoms with Gasteiger partial charge in [-0.15, -0.1) is 0 Å². The van der Waals surface area contributed by atoms with Gasteiger partial charge < -0.3 is 15.1 Å². The highest BCUT2D eigenvalue weighted by Crippen LogP contribution is 2.42. The van der Waals surface area contributed by atoms with E-state index in [0.29, 0.717) is 5.91 Å². The standard InChI is InChI=1S/C26H29N5O/c32-25-26(10-4-14-31(25)18-19-5-3-8-21-20(19)9-13-27-21)11-15-30(16-12-26)24-17-28-22-6-1-2-7-23(22)29-24/h1-3,5-8,17,27H,4,9-16,18H2. The molecule has 1 spiro atoms. The van der Waals surface area contributed by atoms with Crippen molar-refractivity contribution in [1.82, 2.24) is 14.9 Å². The second-order valence-corrected chi connectivity index (χ2v) is 9.43. The number of nitrogens with zero attached hydrogens (tertiary/aromatic N) is 4. The molecule has 4 heterocycles. The smallest absolute Gasteiger partial charge is 0.229 e. The van der Waals surface area contributed by atoms with Crippen LogP contribution in [0.5, 0.6) is 0 Å². The normalized spacial score (nSPS) is 19.9. The monoisotopic (exact) mass is 427 g/mol. The van der Waals surface area contributed by atoms with Crippen molar-refractivity contribution in [2.45, 2.75) is 38.6 Å². The summed E-state index contributed by atoms with van der Waals surface area (Å²) in [5, 5.41) is 3.46. The van der Waals surface area contributed by atoms with Crippen LogP contribution in [0.25, 0.3) is 11.0 Å². The zero-order chi connectivity index (χ0) is 21.5. The van der Waals surface area contributed by atoms with E-state index >= 15 is 0 Å². The Kier molecular flexibility index (Phi) is 4.74. The predicted octanol–water partition coefficient (Wildman–Crippen LogP) is 4.01. The van der Waals surface area contributed by atoms with Crippen LogP contribution in [0.2, 0.25) is 0 Å². The van der Waals surface area contributed by atoms with Crippen LogP contribution in [0.1, 0.15) is 36.8 Å². The minimum atomic E-state index is -0.213. The maximum absolute atomic E-state index is 13.7. The van der Waals surface area contributed by atoms with Gasteiger partial charge in [0.25, 0.3) is 0 Å². The van der Waals surface area contributed by atoms with Crippen LogP contribution in [0.15, 0.2) is 48.7 Å². The molecule has 6 heteroatoms. The number of hydrogen-bond acceptors (Lipinski definition) is 5. The first-order chi connectivity index (χ1) is 15.7. The Morgan fingerprint density at radius 1 is 0.969 bits per heavy atom. The Morgan fingerprint density at radius 3 is 2.69 bits per heavy atom. The molecule has 3 aromatic rings. The topological polar surface area (TPSA) is 61.4 Å². The van der Waals surface area contributed by atoms with Crippen LogP contribution in [-0.2, 0) is 17.8 Å². The van der Waals surface area contributed by atoms with E-state index in [1.165, 1.54) is 16.8 Å². The Morgan fingerprint density at radius 2 is 1.81 bits per heavy atom. The second-order valence-electron chi connectivity index (χ2n) is 9.43. The van der Waals surface area contributed by atoms with Crippen molar-refractivity contribution in [3.05, 3.63) is 59.8 Å². The number of fused-ring (bicyclic) bond motifs is 2. The Labute approximate surface area is 188 Å². The maximum atomic E-state index is 13.7. The molecule has 0 atom stereocenters. The van der Waals surface area contributed by atoms with Crippen LogP contribution in [0.3, 0.4) is 0 Å². The average molecular weight is 428 g/mol. The van der Waals surface area contributed by atoms with Crippen molar-refractivity contribution in [3.8, 4) is 0 Å². The molecule has 32 heavy (non-hydrogen) atoms. The first-order valence-electron chi connectivity index (χ1n) is 11.8. The van der Waals surface area contributed by atoms with Crippen molar-refractivity contribution >= 4 is 28.4 Å². The van der Waals surface area contributed by atoms with Gasteiger partial charge in [-0.2, -0.15) is 0 Å². The molecule has 6 rings (SSSR count). The number of aromatic nitrogens is 2. The largest absolute Gasteiger partial charge is 0.384 e. The highest BCUT2D eigenvalue weighted by Gasteiger charge is 2.45. The zero-order valence-electron chi connectivity index (χ0n) is 18.4. The molecule has 0 radical (unpaired) electrons. The van der Waals surface area contributed by atoms with Gasteiger partial charge in [0.15, 0.2) is 0 Å². The summed E-state index contributed by atoms with van der Waals surface area (Å²) in [6.07, 6.45) is 6.82. The number of piperidine rings is 2. The van der Waals surface area contributed by atoms with Gasteiger partial charge in [0.05, 0.1) is 22.6 Å². The van der Waals surface area contributed by atoms with Crippen molar-refractivity contribution in [1.29, 1.82) is 0 Å². The van der Waals surface area contributed by atoms with Gasteiger partial charge in [0.1, 0.15) is 5.82 Å². The van der Waals surface area contributed by atoms with E-state index < -0.39 is 0 Å². The van der Waals surface area contributed by atoms with Crippen LogP contribution < -0.4 is 10.2 Å². The molecule has 0 bridgehead atoms. The third kappa shape index (κ3) is 3.29. The van der Waals surface area contributed by atoms with Crippen LogP contribution >= 0.6 is 0 Å². The SMILES string of the molecule is O=C1N(Cc2cccc3c2CCN3)CCCC12CCN(c1cnc3ccccc3n1)CC2. The Bertz CT molecular complexity index is 1170. The number of amides is 1. The maximum Gasteiger partial charge on any atom is 0.229 e. The molecule has 164 valence electrons. The molecule has 0 unspecified atom stereocenters. The lowest BCUT2D eigenvalue weighted by molar-refractivity contribution is -0.148. The number of rotatable bonds is 3. The van der Waals surface area contributed by atoms with Crippen LogP contribution in [-0.4, -0.2) is 47.0 Å².